The first-order chi connectivity index (χ1) is 41.0. The molecule has 26 heteroatoms. The summed E-state index contributed by atoms with van der Waals surface area (Å²) in [5.41, 5.74) is -3.38. The summed E-state index contributed by atoms with van der Waals surface area (Å²) in [5, 5.41) is 29.6. The average molecular weight is 1280 g/mol. The Hall–Kier alpha value is -4.06. The van der Waals surface area contributed by atoms with Crippen LogP contribution in [-0.4, -0.2) is 204 Å². The highest BCUT2D eigenvalue weighted by atomic mass is 32.2. The molecule has 5 rings (SSSR count). The molecule has 0 aliphatic carbocycles. The lowest BCUT2D eigenvalue weighted by Gasteiger charge is -2.45. The number of sulfone groups is 1. The number of nitrogens with one attached hydrogen (secondary N) is 1. The Kier molecular flexibility index (Phi) is 27.1. The number of likely N-dealkylation sites (N-methyl/N-ethyl adjacent to an activating group) is 1. The zero-order chi connectivity index (χ0) is 66.1. The van der Waals surface area contributed by atoms with Gasteiger partial charge >= 0.3 is 18.0 Å². The summed E-state index contributed by atoms with van der Waals surface area (Å²) in [6.45, 7) is 25.9. The number of nitrogens with zero attached hydrogens (tertiary/aromatic N) is 2. The number of rotatable bonds is 20. The van der Waals surface area contributed by atoms with Crippen LogP contribution in [0.15, 0.2) is 28.3 Å². The van der Waals surface area contributed by atoms with Crippen LogP contribution in [0.1, 0.15) is 136 Å². The summed E-state index contributed by atoms with van der Waals surface area (Å²) in [5.74, 6) is -11.4. The van der Waals surface area contributed by atoms with Crippen molar-refractivity contribution < 1.29 is 104 Å². The molecule has 4 heterocycles. The molecule has 4 saturated heterocycles. The third-order valence-corrected chi connectivity index (χ3v) is 19.3. The van der Waals surface area contributed by atoms with Gasteiger partial charge in [0.2, 0.25) is 0 Å². The maximum absolute atomic E-state index is 16.0. The van der Waals surface area contributed by atoms with Crippen molar-refractivity contribution in [3.63, 3.8) is 0 Å². The number of hydrogen-bond acceptors (Lipinski definition) is 22. The number of amides is 1. The van der Waals surface area contributed by atoms with Gasteiger partial charge in [0, 0.05) is 75.4 Å². The van der Waals surface area contributed by atoms with Gasteiger partial charge in [-0.3, -0.25) is 14.4 Å². The molecule has 3 N–H and O–H groups in total. The molecule has 0 saturated carbocycles. The summed E-state index contributed by atoms with van der Waals surface area (Å²) in [7, 11) is 1.79. The zero-order valence-corrected chi connectivity index (χ0v) is 55.7. The van der Waals surface area contributed by atoms with E-state index in [9.17, 15) is 37.0 Å². The number of esters is 2. The second-order valence-electron chi connectivity index (χ2n) is 26.3. The van der Waals surface area contributed by atoms with Gasteiger partial charge in [-0.05, 0) is 99.2 Å². The lowest BCUT2D eigenvalue weighted by molar-refractivity contribution is -0.305. The number of hydrogen-bond donors (Lipinski definition) is 3. The van der Waals surface area contributed by atoms with E-state index in [2.05, 4.69) is 15.4 Å². The van der Waals surface area contributed by atoms with Crippen LogP contribution < -0.4 is 5.32 Å². The Morgan fingerprint density at radius 3 is 2.14 bits per heavy atom. The summed E-state index contributed by atoms with van der Waals surface area (Å²) in [6.07, 6.45) is -15.6. The Labute approximate surface area is 519 Å². The molecule has 1 unspecified atom stereocenters. The number of carbonyl (C=O) groups is 4. The van der Waals surface area contributed by atoms with Crippen molar-refractivity contribution in [3.8, 4) is 0 Å². The molecule has 0 bridgehead atoms. The van der Waals surface area contributed by atoms with Crippen molar-refractivity contribution in [3.05, 3.63) is 29.8 Å². The molecule has 22 atom stereocenters. The van der Waals surface area contributed by atoms with Gasteiger partial charge in [-0.25, -0.2) is 22.0 Å². The van der Waals surface area contributed by atoms with Gasteiger partial charge in [0.15, 0.2) is 40.1 Å². The number of ketones is 1. The highest BCUT2D eigenvalue weighted by molar-refractivity contribution is 7.91. The number of cyclic esters (lactones) is 1. The topological polar surface area (TPSA) is 281 Å². The molecule has 4 aliphatic heterocycles. The zero-order valence-electron chi connectivity index (χ0n) is 54.9. The quantitative estimate of drug-likeness (QED) is 0.0516. The van der Waals surface area contributed by atoms with Crippen molar-refractivity contribution in [2.75, 3.05) is 47.3 Å². The predicted molar refractivity (Wildman–Crippen MR) is 317 cm³/mol. The molecule has 0 radical (unpaired) electrons. The maximum Gasteiger partial charge on any atom is 0.408 e. The van der Waals surface area contributed by atoms with E-state index in [4.69, 9.17) is 56.9 Å². The van der Waals surface area contributed by atoms with Crippen LogP contribution in [0.5, 0.6) is 0 Å². The van der Waals surface area contributed by atoms with Crippen molar-refractivity contribution in [2.45, 2.75) is 244 Å². The van der Waals surface area contributed by atoms with E-state index < -0.39 is 182 Å². The fourth-order valence-electron chi connectivity index (χ4n) is 12.6. The van der Waals surface area contributed by atoms with Crippen LogP contribution >= 0.6 is 0 Å². The van der Waals surface area contributed by atoms with Gasteiger partial charge in [-0.15, -0.1) is 0 Å². The average Bonchev–Trinajstić information content (AvgIpc) is 2.46. The first-order valence-corrected chi connectivity index (χ1v) is 32.4. The van der Waals surface area contributed by atoms with E-state index in [1.165, 1.54) is 49.0 Å². The van der Waals surface area contributed by atoms with Crippen LogP contribution in [0.4, 0.5) is 13.6 Å². The van der Waals surface area contributed by atoms with E-state index in [-0.39, 0.29) is 56.1 Å². The number of carbonyl (C=O) groups excluding carboxylic acids is 4. The largest absolute Gasteiger partial charge is 0.461 e. The van der Waals surface area contributed by atoms with E-state index in [0.29, 0.717) is 19.0 Å². The molecule has 0 spiro atoms. The SMILES string of the molecule is CO/N=C1\C[C@@H](C)O[C@@H](O[C@@H]2[C@@H](C)[C@H](O[C@H]3CC(C)N(C)C[C@H](C)O3)[C@@H](C)C(=O)O[C@H]([C@@H](C)CO[C@@H]3O[C@H](C)[C@@H](O)[C@@H](OC)[C@H]3OC)[C@H](C)[C@@H](OC(=O)CC(C)C)[C@@H](C)C(=O)[C@@](C)(OC(=O)NC(C)(C)CCS(=O)(=O)c3ccc(F)cc3F)C[C@@H]2C)[C@@H]1O. The molecule has 4 aliphatic rings. The first kappa shape index (κ1) is 74.7. The molecular weight excluding hydrogens is 1180 g/mol. The fraction of sp³-hybridized carbons (Fsp3) is 0.823. The molecule has 88 heavy (non-hydrogen) atoms. The molecule has 1 aromatic rings. The minimum absolute atomic E-state index is 0.0513. The molecule has 504 valence electrons. The number of alkyl carbamates (subject to hydrolysis) is 1. The Morgan fingerprint density at radius 1 is 0.864 bits per heavy atom. The highest BCUT2D eigenvalue weighted by Crippen LogP contribution is 2.41. The molecule has 1 aromatic carbocycles. The van der Waals surface area contributed by atoms with Crippen LogP contribution in [0.3, 0.4) is 0 Å². The molecule has 4 fully saturated rings. The van der Waals surface area contributed by atoms with Gasteiger partial charge in [-0.1, -0.05) is 53.6 Å². The van der Waals surface area contributed by atoms with Crippen LogP contribution in [0.25, 0.3) is 0 Å². The molecular formula is C62H101F2N3O20S. The van der Waals surface area contributed by atoms with Gasteiger partial charge in [0.05, 0.1) is 60.4 Å². The number of aliphatic hydroxyl groups is 2. The van der Waals surface area contributed by atoms with Crippen molar-refractivity contribution in [1.82, 2.24) is 10.2 Å². The second-order valence-corrected chi connectivity index (χ2v) is 28.4. The third-order valence-electron chi connectivity index (χ3n) is 17.6. The Balaban J connectivity index is 1.71. The van der Waals surface area contributed by atoms with E-state index in [0.717, 1.165) is 12.1 Å². The first-order valence-electron chi connectivity index (χ1n) is 30.7. The second kappa shape index (κ2) is 32.0. The number of aliphatic hydroxyl groups excluding tert-OH is 2. The number of methoxy groups -OCH3 is 2. The molecule has 23 nitrogen and oxygen atoms in total. The Morgan fingerprint density at radius 2 is 1.52 bits per heavy atom. The predicted octanol–water partition coefficient (Wildman–Crippen LogP) is 6.93. The van der Waals surface area contributed by atoms with Crippen LogP contribution in [0.2, 0.25) is 0 Å². The van der Waals surface area contributed by atoms with Gasteiger partial charge in [0.25, 0.3) is 0 Å². The van der Waals surface area contributed by atoms with E-state index in [1.807, 2.05) is 34.7 Å². The van der Waals surface area contributed by atoms with Gasteiger partial charge < -0.3 is 77.4 Å². The van der Waals surface area contributed by atoms with Crippen LogP contribution in [-0.2, 0) is 81.2 Å². The molecule has 0 aromatic heterocycles. The standard InChI is InChI=1S/C62H101F2N3O20S/c1-31(2)24-46(68)83-52-38(9)51(33(4)30-79-59-55(77-18)54(76-17)48(69)41(12)82-59)85-57(72)40(11)53(84-47-25-34(5)67(16)29-36(7)80-47)37(8)50(86-58-49(70)44(66-78-19)26-35(6)81-58)32(3)28-62(15,56(71)39(52)10)87-60(73)65-61(13,14)22-23-88(74,75)45-21-20-42(63)27-43(45)64/h20-21,27,31-41,47-55,58-59,69-70H,22-26,28-30H2,1-19H3,(H,65,73)/b66-44+/t32-,33-,34?,35+,36-,37+,38-,39+,40+,41+,47-,48+,49+,50-,51+,52+,53-,54+,55+,58-,59+,62-/m0/s1. The van der Waals surface area contributed by atoms with Crippen molar-refractivity contribution >= 4 is 39.4 Å². The smallest absolute Gasteiger partial charge is 0.408 e. The normalized spacial score (nSPS) is 37.1. The Bertz CT molecular complexity index is 2620. The number of benzene rings is 1. The highest BCUT2D eigenvalue weighted by Gasteiger charge is 2.53. The van der Waals surface area contributed by atoms with Crippen molar-refractivity contribution in [1.29, 1.82) is 0 Å². The summed E-state index contributed by atoms with van der Waals surface area (Å²) < 4.78 is 126. The minimum Gasteiger partial charge on any atom is -0.461 e. The summed E-state index contributed by atoms with van der Waals surface area (Å²) >= 11 is 0. The third kappa shape index (κ3) is 19.3. The van der Waals surface area contributed by atoms with Gasteiger partial charge in [0.1, 0.15) is 60.3 Å². The molecule has 1 amide bonds. The maximum atomic E-state index is 16.0. The number of ether oxygens (including phenoxy) is 11. The van der Waals surface area contributed by atoms with Crippen molar-refractivity contribution in [2.24, 2.45) is 46.6 Å². The van der Waals surface area contributed by atoms with E-state index in [1.54, 1.807) is 48.5 Å². The minimum atomic E-state index is -4.37. The lowest BCUT2D eigenvalue weighted by Crippen LogP contribution is -2.59. The number of halogens is 2. The van der Waals surface area contributed by atoms with E-state index >= 15 is 9.59 Å². The lowest BCUT2D eigenvalue weighted by atomic mass is 9.74. The number of Topliss-reactive ketones (excluding diaryl/α,β-unsaturated/α-hetero) is 1. The summed E-state index contributed by atoms with van der Waals surface area (Å²) in [6, 6.07) is 2.06. The number of oxime groups is 1. The monoisotopic (exact) mass is 1280 g/mol. The fourth-order valence-corrected chi connectivity index (χ4v) is 14.2. The van der Waals surface area contributed by atoms with Gasteiger partial charge in [-0.2, -0.15) is 0 Å². The van der Waals surface area contributed by atoms with Crippen LogP contribution in [0, 0.1) is 53.1 Å². The summed E-state index contributed by atoms with van der Waals surface area (Å²) in [4.78, 5) is 66.8.